The molecule has 2 atom stereocenters. The van der Waals surface area contributed by atoms with Gasteiger partial charge < -0.3 is 14.5 Å². The highest BCUT2D eigenvalue weighted by molar-refractivity contribution is 7.89. The zero-order chi connectivity index (χ0) is 23.9. The van der Waals surface area contributed by atoms with E-state index in [0.717, 1.165) is 30.8 Å². The number of piperidine rings is 1. The number of hydrogen-bond acceptors (Lipinski definition) is 5. The highest BCUT2D eigenvalue weighted by Gasteiger charge is 2.43. The maximum Gasteiger partial charge on any atom is 0.251 e. The second kappa shape index (κ2) is 9.26. The number of morpholine rings is 1. The molecule has 3 heterocycles. The zero-order valence-electron chi connectivity index (χ0n) is 19.7. The lowest BCUT2D eigenvalue weighted by atomic mass is 9.89. The summed E-state index contributed by atoms with van der Waals surface area (Å²) >= 11 is 0. The Morgan fingerprint density at radius 1 is 1.06 bits per heavy atom. The quantitative estimate of drug-likeness (QED) is 0.628. The molecule has 180 valence electrons. The number of ether oxygens (including phenoxy) is 1. The van der Waals surface area contributed by atoms with Crippen molar-refractivity contribution in [2.24, 2.45) is 0 Å². The SMILES string of the molecule is Cc1ccc2c(c1)C1CN(C)CCC1N2C(=O)/C=C/c1ccc(S(=O)(=O)N2CCOCC2)cc1. The molecule has 0 saturated carbocycles. The topological polar surface area (TPSA) is 70.2 Å². The summed E-state index contributed by atoms with van der Waals surface area (Å²) in [5.41, 5.74) is 4.27. The zero-order valence-corrected chi connectivity index (χ0v) is 20.5. The molecule has 0 aromatic heterocycles. The van der Waals surface area contributed by atoms with Gasteiger partial charge in [0.1, 0.15) is 0 Å². The first kappa shape index (κ1) is 23.2. The number of anilines is 1. The molecule has 0 aliphatic carbocycles. The van der Waals surface area contributed by atoms with Crippen LogP contribution in [0.2, 0.25) is 0 Å². The third-order valence-corrected chi connectivity index (χ3v) is 9.01. The average Bonchev–Trinajstić information content (AvgIpc) is 3.16. The lowest BCUT2D eigenvalue weighted by molar-refractivity contribution is -0.114. The van der Waals surface area contributed by atoms with Gasteiger partial charge in [-0.05, 0) is 62.3 Å². The Bertz CT molecular complexity index is 1200. The van der Waals surface area contributed by atoms with Crippen molar-refractivity contribution < 1.29 is 17.9 Å². The van der Waals surface area contributed by atoms with Crippen molar-refractivity contribution >= 4 is 27.7 Å². The van der Waals surface area contributed by atoms with Gasteiger partial charge >= 0.3 is 0 Å². The fourth-order valence-corrected chi connectivity index (χ4v) is 6.71. The Morgan fingerprint density at radius 2 is 1.79 bits per heavy atom. The van der Waals surface area contributed by atoms with Crippen LogP contribution in [0, 0.1) is 6.92 Å². The van der Waals surface area contributed by atoms with Crippen molar-refractivity contribution in [3.8, 4) is 0 Å². The number of fused-ring (bicyclic) bond motifs is 3. The summed E-state index contributed by atoms with van der Waals surface area (Å²) in [6.45, 7) is 5.59. The van der Waals surface area contributed by atoms with Crippen LogP contribution in [-0.2, 0) is 19.6 Å². The van der Waals surface area contributed by atoms with E-state index in [4.69, 9.17) is 4.74 Å². The van der Waals surface area contributed by atoms with Crippen molar-refractivity contribution in [2.45, 2.75) is 30.2 Å². The van der Waals surface area contributed by atoms with Gasteiger partial charge in [0.15, 0.2) is 0 Å². The highest BCUT2D eigenvalue weighted by atomic mass is 32.2. The Kier molecular flexibility index (Phi) is 6.33. The Hall–Kier alpha value is -2.52. The molecule has 2 unspecified atom stereocenters. The van der Waals surface area contributed by atoms with Crippen LogP contribution in [0.3, 0.4) is 0 Å². The number of likely N-dealkylation sites (N-methyl/N-ethyl adjacent to an activating group) is 1. The van der Waals surface area contributed by atoms with Crippen LogP contribution in [-0.4, -0.2) is 76.0 Å². The number of rotatable bonds is 4. The number of benzene rings is 2. The predicted molar refractivity (Wildman–Crippen MR) is 132 cm³/mol. The van der Waals surface area contributed by atoms with Crippen LogP contribution in [0.4, 0.5) is 5.69 Å². The molecule has 0 radical (unpaired) electrons. The smallest absolute Gasteiger partial charge is 0.251 e. The minimum atomic E-state index is -3.53. The summed E-state index contributed by atoms with van der Waals surface area (Å²) < 4.78 is 32.4. The van der Waals surface area contributed by atoms with Crippen molar-refractivity contribution in [1.29, 1.82) is 0 Å². The molecule has 0 bridgehead atoms. The molecule has 7 nitrogen and oxygen atoms in total. The molecule has 3 aliphatic heterocycles. The minimum absolute atomic E-state index is 0.0350. The van der Waals surface area contributed by atoms with Crippen LogP contribution < -0.4 is 4.90 Å². The van der Waals surface area contributed by atoms with Crippen LogP contribution in [0.5, 0.6) is 0 Å². The molecule has 0 N–H and O–H groups in total. The molecule has 2 fully saturated rings. The molecule has 2 aromatic carbocycles. The summed E-state index contributed by atoms with van der Waals surface area (Å²) in [6.07, 6.45) is 4.32. The normalized spacial score (nSPS) is 23.8. The number of aryl methyl sites for hydroxylation is 1. The second-order valence-corrected chi connectivity index (χ2v) is 11.4. The molecule has 3 aliphatic rings. The lowest BCUT2D eigenvalue weighted by Gasteiger charge is -2.36. The molecule has 34 heavy (non-hydrogen) atoms. The first-order valence-electron chi connectivity index (χ1n) is 11.8. The van der Waals surface area contributed by atoms with Crippen LogP contribution in [0.25, 0.3) is 6.08 Å². The lowest BCUT2D eigenvalue weighted by Crippen LogP contribution is -2.46. The molecule has 8 heteroatoms. The van der Waals surface area contributed by atoms with E-state index in [1.807, 2.05) is 4.90 Å². The van der Waals surface area contributed by atoms with Gasteiger partial charge in [0.2, 0.25) is 10.0 Å². The van der Waals surface area contributed by atoms with Crippen LogP contribution in [0.15, 0.2) is 53.4 Å². The number of amides is 1. The Morgan fingerprint density at radius 3 is 2.53 bits per heavy atom. The maximum absolute atomic E-state index is 13.3. The monoisotopic (exact) mass is 481 g/mol. The van der Waals surface area contributed by atoms with E-state index in [9.17, 15) is 13.2 Å². The first-order chi connectivity index (χ1) is 16.3. The third-order valence-electron chi connectivity index (χ3n) is 7.10. The minimum Gasteiger partial charge on any atom is -0.379 e. The van der Waals surface area contributed by atoms with E-state index in [1.54, 1.807) is 36.4 Å². The van der Waals surface area contributed by atoms with Gasteiger partial charge in [-0.3, -0.25) is 4.79 Å². The standard InChI is InChI=1S/C26H31N3O4S/c1-19-3-9-24-22(17-19)23-18-27(2)12-11-25(23)29(24)26(30)10-6-20-4-7-21(8-5-20)34(31,32)28-13-15-33-16-14-28/h3-10,17,23,25H,11-16,18H2,1-2H3/b10-6+. The number of hydrogen-bond donors (Lipinski definition) is 0. The van der Waals surface area contributed by atoms with Crippen LogP contribution >= 0.6 is 0 Å². The van der Waals surface area contributed by atoms with Crippen molar-refractivity contribution in [3.05, 3.63) is 65.2 Å². The summed E-state index contributed by atoms with van der Waals surface area (Å²) in [5.74, 6) is 0.294. The largest absolute Gasteiger partial charge is 0.379 e. The molecule has 1 amide bonds. The molecular formula is C26H31N3O4S. The summed E-state index contributed by atoms with van der Waals surface area (Å²) in [5, 5.41) is 0. The fraction of sp³-hybridized carbons (Fsp3) is 0.423. The van der Waals surface area contributed by atoms with Gasteiger partial charge in [-0.1, -0.05) is 29.8 Å². The maximum atomic E-state index is 13.3. The number of sulfonamides is 1. The van der Waals surface area contributed by atoms with Crippen molar-refractivity contribution in [1.82, 2.24) is 9.21 Å². The Labute approximate surface area is 201 Å². The molecule has 2 aromatic rings. The highest BCUT2D eigenvalue weighted by Crippen LogP contribution is 2.45. The number of carbonyl (C=O) groups is 1. The predicted octanol–water partition coefficient (Wildman–Crippen LogP) is 2.86. The van der Waals surface area contributed by atoms with E-state index in [2.05, 4.69) is 37.1 Å². The van der Waals surface area contributed by atoms with E-state index in [0.29, 0.717) is 32.2 Å². The van der Waals surface area contributed by atoms with Gasteiger partial charge in [0.25, 0.3) is 5.91 Å². The summed E-state index contributed by atoms with van der Waals surface area (Å²) in [4.78, 5) is 17.9. The van der Waals surface area contributed by atoms with Gasteiger partial charge in [-0.25, -0.2) is 8.42 Å². The Balaban J connectivity index is 1.34. The first-order valence-corrected chi connectivity index (χ1v) is 13.3. The third kappa shape index (κ3) is 4.31. The molecule has 5 rings (SSSR count). The summed E-state index contributed by atoms with van der Waals surface area (Å²) in [6, 6.07) is 13.2. The number of nitrogens with zero attached hydrogens (tertiary/aromatic N) is 3. The van der Waals surface area contributed by atoms with Gasteiger partial charge in [0, 0.05) is 43.4 Å². The molecular weight excluding hydrogens is 450 g/mol. The average molecular weight is 482 g/mol. The number of carbonyl (C=O) groups excluding carboxylic acids is 1. The van der Waals surface area contributed by atoms with Gasteiger partial charge in [0.05, 0.1) is 18.1 Å². The summed E-state index contributed by atoms with van der Waals surface area (Å²) in [7, 11) is -1.39. The van der Waals surface area contributed by atoms with E-state index in [-0.39, 0.29) is 16.8 Å². The molecule has 0 spiro atoms. The van der Waals surface area contributed by atoms with E-state index >= 15 is 0 Å². The molecule has 2 saturated heterocycles. The van der Waals surface area contributed by atoms with Gasteiger partial charge in [-0.2, -0.15) is 4.31 Å². The van der Waals surface area contributed by atoms with Crippen molar-refractivity contribution in [2.75, 3.05) is 51.3 Å². The van der Waals surface area contributed by atoms with Crippen molar-refractivity contribution in [3.63, 3.8) is 0 Å². The van der Waals surface area contributed by atoms with Crippen LogP contribution in [0.1, 0.15) is 29.0 Å². The van der Waals surface area contributed by atoms with E-state index in [1.165, 1.54) is 15.4 Å². The number of likely N-dealkylation sites (tertiary alicyclic amines) is 1. The van der Waals surface area contributed by atoms with E-state index < -0.39 is 10.0 Å². The second-order valence-electron chi connectivity index (χ2n) is 9.41. The van der Waals surface area contributed by atoms with Gasteiger partial charge in [-0.15, -0.1) is 0 Å². The fourth-order valence-electron chi connectivity index (χ4n) is 5.30.